The van der Waals surface area contributed by atoms with Gasteiger partial charge < -0.3 is 10.1 Å². The van der Waals surface area contributed by atoms with Crippen LogP contribution in [0.5, 0.6) is 0 Å². The van der Waals surface area contributed by atoms with Gasteiger partial charge in [0, 0.05) is 31.9 Å². The van der Waals surface area contributed by atoms with Crippen LogP contribution in [0, 0.1) is 27.7 Å². The minimum absolute atomic E-state index is 0.225. The first-order chi connectivity index (χ1) is 15.8. The fourth-order valence-corrected chi connectivity index (χ4v) is 4.43. The molecule has 2 aromatic carbocycles. The maximum absolute atomic E-state index is 13.5. The maximum Gasteiger partial charge on any atom is 0.278 e. The molecule has 0 aromatic heterocycles. The average molecular weight is 448 g/mol. The molecule has 0 atom stereocenters. The monoisotopic (exact) mass is 447 g/mol. The number of amides is 2. The second kappa shape index (κ2) is 9.89. The summed E-state index contributed by atoms with van der Waals surface area (Å²) in [4.78, 5) is 30.7. The molecule has 4 rings (SSSR count). The van der Waals surface area contributed by atoms with Crippen molar-refractivity contribution in [3.05, 3.63) is 69.9 Å². The fraction of sp³-hybridized carbons (Fsp3) is 0.407. The number of aryl methyl sites for hydroxylation is 4. The predicted molar refractivity (Wildman–Crippen MR) is 131 cm³/mol. The van der Waals surface area contributed by atoms with Gasteiger partial charge in [0.05, 0.1) is 18.8 Å². The number of hydrogen-bond donors (Lipinski definition) is 1. The minimum Gasteiger partial charge on any atom is -0.379 e. The third kappa shape index (κ3) is 5.02. The van der Waals surface area contributed by atoms with E-state index in [1.165, 1.54) is 4.90 Å². The Morgan fingerprint density at radius 2 is 1.61 bits per heavy atom. The van der Waals surface area contributed by atoms with Crippen molar-refractivity contribution >= 4 is 23.1 Å². The second-order valence-electron chi connectivity index (χ2n) is 9.06. The average Bonchev–Trinajstić information content (AvgIpc) is 3.02. The maximum atomic E-state index is 13.5. The number of ether oxygens (including phenoxy) is 1. The molecule has 0 unspecified atom stereocenters. The number of anilines is 1. The Kier molecular flexibility index (Phi) is 6.96. The van der Waals surface area contributed by atoms with E-state index in [-0.39, 0.29) is 11.8 Å². The fourth-order valence-electron chi connectivity index (χ4n) is 4.43. The highest BCUT2D eigenvalue weighted by Crippen LogP contribution is 2.32. The zero-order chi connectivity index (χ0) is 23.5. The van der Waals surface area contributed by atoms with Crippen LogP contribution in [-0.4, -0.2) is 61.0 Å². The summed E-state index contributed by atoms with van der Waals surface area (Å²) in [5.41, 5.74) is 6.87. The van der Waals surface area contributed by atoms with Crippen LogP contribution < -0.4 is 5.32 Å². The Morgan fingerprint density at radius 3 is 2.30 bits per heavy atom. The number of nitrogens with one attached hydrogen (secondary N) is 1. The first kappa shape index (κ1) is 23.2. The SMILES string of the molecule is Cc1ccc(NC2=C(c3ccc(C)c(C)c3)C(=O)N(CCCN3CCOCC3)C2=O)c(C)c1. The molecule has 6 heteroatoms. The first-order valence-electron chi connectivity index (χ1n) is 11.7. The van der Waals surface area contributed by atoms with Gasteiger partial charge in [0.1, 0.15) is 5.70 Å². The van der Waals surface area contributed by atoms with Gasteiger partial charge in [-0.2, -0.15) is 0 Å². The molecule has 2 aromatic rings. The van der Waals surface area contributed by atoms with Gasteiger partial charge in [-0.15, -0.1) is 0 Å². The highest BCUT2D eigenvalue weighted by molar-refractivity contribution is 6.36. The normalized spacial score (nSPS) is 17.3. The third-order valence-corrected chi connectivity index (χ3v) is 6.56. The van der Waals surface area contributed by atoms with Gasteiger partial charge in [-0.1, -0.05) is 35.9 Å². The highest BCUT2D eigenvalue weighted by atomic mass is 16.5. The number of morpholine rings is 1. The lowest BCUT2D eigenvalue weighted by atomic mass is 9.99. The van der Waals surface area contributed by atoms with E-state index >= 15 is 0 Å². The van der Waals surface area contributed by atoms with E-state index in [1.807, 2.05) is 58.0 Å². The van der Waals surface area contributed by atoms with Crippen LogP contribution in [0.4, 0.5) is 5.69 Å². The van der Waals surface area contributed by atoms with Crippen molar-refractivity contribution in [2.75, 3.05) is 44.7 Å². The van der Waals surface area contributed by atoms with Crippen LogP contribution in [0.2, 0.25) is 0 Å². The second-order valence-corrected chi connectivity index (χ2v) is 9.06. The zero-order valence-electron chi connectivity index (χ0n) is 20.0. The number of carbonyl (C=O) groups excluding carboxylic acids is 2. The summed E-state index contributed by atoms with van der Waals surface area (Å²) in [5.74, 6) is -0.479. The third-order valence-electron chi connectivity index (χ3n) is 6.56. The molecule has 6 nitrogen and oxygen atoms in total. The number of rotatable bonds is 7. The molecule has 0 saturated carbocycles. The molecule has 174 valence electrons. The summed E-state index contributed by atoms with van der Waals surface area (Å²) in [6, 6.07) is 12.0. The summed E-state index contributed by atoms with van der Waals surface area (Å²) in [6.07, 6.45) is 0.745. The first-order valence-corrected chi connectivity index (χ1v) is 11.7. The number of nitrogens with zero attached hydrogens (tertiary/aromatic N) is 2. The Labute approximate surface area is 196 Å². The smallest absolute Gasteiger partial charge is 0.278 e. The van der Waals surface area contributed by atoms with Gasteiger partial charge in [0.15, 0.2) is 0 Å². The van der Waals surface area contributed by atoms with Crippen LogP contribution in [0.15, 0.2) is 42.1 Å². The van der Waals surface area contributed by atoms with E-state index in [2.05, 4.69) is 16.3 Å². The summed E-state index contributed by atoms with van der Waals surface area (Å²) in [7, 11) is 0. The van der Waals surface area contributed by atoms with E-state index in [9.17, 15) is 9.59 Å². The molecule has 1 saturated heterocycles. The largest absolute Gasteiger partial charge is 0.379 e. The van der Waals surface area contributed by atoms with Crippen molar-refractivity contribution < 1.29 is 14.3 Å². The Balaban J connectivity index is 1.61. The molecule has 1 fully saturated rings. The van der Waals surface area contributed by atoms with Gasteiger partial charge in [0.2, 0.25) is 0 Å². The molecule has 1 N–H and O–H groups in total. The van der Waals surface area contributed by atoms with Crippen molar-refractivity contribution in [1.29, 1.82) is 0 Å². The molecule has 0 bridgehead atoms. The van der Waals surface area contributed by atoms with Crippen LogP contribution in [0.1, 0.15) is 34.2 Å². The van der Waals surface area contributed by atoms with E-state index in [1.54, 1.807) is 0 Å². The van der Waals surface area contributed by atoms with E-state index < -0.39 is 0 Å². The quantitative estimate of drug-likeness (QED) is 0.654. The Morgan fingerprint density at radius 1 is 0.848 bits per heavy atom. The molecule has 2 aliphatic rings. The summed E-state index contributed by atoms with van der Waals surface area (Å²) >= 11 is 0. The van der Waals surface area contributed by atoms with Crippen LogP contribution >= 0.6 is 0 Å². The van der Waals surface area contributed by atoms with Gasteiger partial charge in [0.25, 0.3) is 11.8 Å². The Hall–Kier alpha value is -2.96. The molecular weight excluding hydrogens is 414 g/mol. The molecule has 2 heterocycles. The molecule has 0 radical (unpaired) electrons. The van der Waals surface area contributed by atoms with Crippen molar-refractivity contribution in [3.8, 4) is 0 Å². The minimum atomic E-state index is -0.254. The van der Waals surface area contributed by atoms with Gasteiger partial charge >= 0.3 is 0 Å². The number of imide groups is 1. The van der Waals surface area contributed by atoms with Gasteiger partial charge in [-0.25, -0.2) is 0 Å². The van der Waals surface area contributed by atoms with E-state index in [4.69, 9.17) is 4.74 Å². The van der Waals surface area contributed by atoms with Crippen molar-refractivity contribution in [1.82, 2.24) is 9.80 Å². The summed E-state index contributed by atoms with van der Waals surface area (Å²) in [6.45, 7) is 12.6. The lowest BCUT2D eigenvalue weighted by Crippen LogP contribution is -2.39. The molecule has 0 aliphatic carbocycles. The predicted octanol–water partition coefficient (Wildman–Crippen LogP) is 3.83. The zero-order valence-corrected chi connectivity index (χ0v) is 20.0. The highest BCUT2D eigenvalue weighted by Gasteiger charge is 2.39. The summed E-state index contributed by atoms with van der Waals surface area (Å²) in [5, 5.41) is 3.31. The van der Waals surface area contributed by atoms with Gasteiger partial charge in [-0.3, -0.25) is 19.4 Å². The Bertz CT molecular complexity index is 1100. The lowest BCUT2D eigenvalue weighted by molar-refractivity contribution is -0.136. The van der Waals surface area contributed by atoms with Gasteiger partial charge in [-0.05, 0) is 62.4 Å². The number of carbonyl (C=O) groups is 2. The topological polar surface area (TPSA) is 61.9 Å². The number of benzene rings is 2. The molecular formula is C27H33N3O3. The van der Waals surface area contributed by atoms with E-state index in [0.29, 0.717) is 17.8 Å². The molecule has 2 amide bonds. The molecule has 33 heavy (non-hydrogen) atoms. The summed E-state index contributed by atoms with van der Waals surface area (Å²) < 4.78 is 5.41. The van der Waals surface area contributed by atoms with Crippen molar-refractivity contribution in [2.24, 2.45) is 0 Å². The molecule has 0 spiro atoms. The van der Waals surface area contributed by atoms with Crippen LogP contribution in [-0.2, 0) is 14.3 Å². The van der Waals surface area contributed by atoms with Crippen molar-refractivity contribution in [3.63, 3.8) is 0 Å². The molecule has 2 aliphatic heterocycles. The van der Waals surface area contributed by atoms with E-state index in [0.717, 1.165) is 72.8 Å². The van der Waals surface area contributed by atoms with Crippen LogP contribution in [0.3, 0.4) is 0 Å². The lowest BCUT2D eigenvalue weighted by Gasteiger charge is -2.27. The van der Waals surface area contributed by atoms with Crippen molar-refractivity contribution in [2.45, 2.75) is 34.1 Å². The standard InChI is InChI=1S/C27H33N3O3/c1-18-6-9-23(21(4)16-18)28-25-24(22-8-7-19(2)20(3)17-22)26(31)30(27(25)32)11-5-10-29-12-14-33-15-13-29/h6-9,16-17,28H,5,10-15H2,1-4H3. The van der Waals surface area contributed by atoms with Crippen LogP contribution in [0.25, 0.3) is 5.57 Å². The number of hydrogen-bond acceptors (Lipinski definition) is 5.